The Morgan fingerprint density at radius 1 is 1.07 bits per heavy atom. The van der Waals surface area contributed by atoms with Crippen LogP contribution in [0, 0.1) is 22.7 Å². The molecule has 29 heavy (non-hydrogen) atoms. The van der Waals surface area contributed by atoms with Gasteiger partial charge in [-0.05, 0) is 35.9 Å². The molecule has 3 aromatic rings. The Balaban J connectivity index is 2.14. The molecule has 2 aromatic carbocycles. The maximum Gasteiger partial charge on any atom is 0.268 e. The monoisotopic (exact) mass is 488 g/mol. The van der Waals surface area contributed by atoms with Crippen molar-refractivity contribution < 1.29 is 4.74 Å². The fourth-order valence-corrected chi connectivity index (χ4v) is 3.41. The molecule has 0 saturated carbocycles. The second-order valence-electron chi connectivity index (χ2n) is 5.89. The number of aromatic nitrogens is 1. The number of pyridine rings is 1. The van der Waals surface area contributed by atoms with Crippen LogP contribution in [0.2, 0.25) is 10.0 Å². The molecule has 0 spiro atoms. The molecular formula is C20H11BrCl2N4O2. The molecule has 6 nitrogen and oxygen atoms in total. The Labute approximate surface area is 184 Å². The van der Waals surface area contributed by atoms with Gasteiger partial charge in [0, 0.05) is 15.6 Å². The van der Waals surface area contributed by atoms with E-state index >= 15 is 0 Å². The molecule has 144 valence electrons. The Kier molecular flexibility index (Phi) is 6.14. The SMILES string of the molecule is N#Cc1c(N)[nH]c(=O)c(C#N)c1-c1cc(Br)ccc1OCc1ccc(Cl)c(Cl)c1. The standard InChI is InChI=1S/C20H11BrCl2N4O2/c21-11-2-4-17(29-9-10-1-3-15(22)16(23)5-10)12(6-11)18-13(7-24)19(26)27-20(28)14(18)8-25/h1-6H,9H2,(H3,26,27,28). The van der Waals surface area contributed by atoms with Crippen molar-refractivity contribution in [2.24, 2.45) is 0 Å². The number of anilines is 1. The normalized spacial score (nSPS) is 10.2. The topological polar surface area (TPSA) is 116 Å². The summed E-state index contributed by atoms with van der Waals surface area (Å²) in [5.74, 6) is 0.235. The van der Waals surface area contributed by atoms with Gasteiger partial charge in [-0.15, -0.1) is 0 Å². The number of nitrogen functional groups attached to an aromatic ring is 1. The van der Waals surface area contributed by atoms with Gasteiger partial charge in [-0.2, -0.15) is 10.5 Å². The molecule has 9 heteroatoms. The number of nitrogens with zero attached hydrogens (tertiary/aromatic N) is 2. The zero-order valence-corrected chi connectivity index (χ0v) is 17.7. The summed E-state index contributed by atoms with van der Waals surface area (Å²) in [4.78, 5) is 14.6. The number of halogens is 3. The number of H-pyrrole nitrogens is 1. The van der Waals surface area contributed by atoms with Crippen LogP contribution < -0.4 is 16.0 Å². The van der Waals surface area contributed by atoms with Crippen molar-refractivity contribution in [2.45, 2.75) is 6.61 Å². The molecule has 3 rings (SSSR count). The number of ether oxygens (including phenoxy) is 1. The summed E-state index contributed by atoms with van der Waals surface area (Å²) in [5, 5.41) is 19.9. The van der Waals surface area contributed by atoms with Crippen molar-refractivity contribution in [3.8, 4) is 29.0 Å². The number of hydrogen-bond acceptors (Lipinski definition) is 5. The Bertz CT molecular complexity index is 1260. The van der Waals surface area contributed by atoms with Crippen molar-refractivity contribution in [1.29, 1.82) is 10.5 Å². The summed E-state index contributed by atoms with van der Waals surface area (Å²) in [6, 6.07) is 13.9. The lowest BCUT2D eigenvalue weighted by molar-refractivity contribution is 0.307. The highest BCUT2D eigenvalue weighted by molar-refractivity contribution is 9.10. The summed E-state index contributed by atoms with van der Waals surface area (Å²) < 4.78 is 6.58. The van der Waals surface area contributed by atoms with Gasteiger partial charge in [0.05, 0.1) is 10.0 Å². The quantitative estimate of drug-likeness (QED) is 0.533. The number of hydrogen-bond donors (Lipinski definition) is 2. The van der Waals surface area contributed by atoms with Gasteiger partial charge >= 0.3 is 0 Å². The molecule has 0 fully saturated rings. The van der Waals surface area contributed by atoms with Crippen LogP contribution in [-0.2, 0) is 6.61 Å². The first-order chi connectivity index (χ1) is 13.8. The molecule has 0 aliphatic carbocycles. The predicted octanol–water partition coefficient (Wildman–Crippen LogP) is 5.02. The number of aromatic amines is 1. The lowest BCUT2D eigenvalue weighted by atomic mass is 9.96. The third kappa shape index (κ3) is 4.23. The Hall–Kier alpha value is -2.97. The molecule has 3 N–H and O–H groups in total. The van der Waals surface area contributed by atoms with E-state index in [9.17, 15) is 15.3 Å². The molecule has 0 aliphatic rings. The van der Waals surface area contributed by atoms with Crippen LogP contribution in [0.4, 0.5) is 5.82 Å². The Morgan fingerprint density at radius 3 is 2.45 bits per heavy atom. The fourth-order valence-electron chi connectivity index (χ4n) is 2.73. The van der Waals surface area contributed by atoms with Gasteiger partial charge in [-0.1, -0.05) is 45.2 Å². The molecule has 0 aliphatic heterocycles. The van der Waals surface area contributed by atoms with Gasteiger partial charge in [0.2, 0.25) is 0 Å². The fraction of sp³-hybridized carbons (Fsp3) is 0.0500. The minimum Gasteiger partial charge on any atom is -0.488 e. The highest BCUT2D eigenvalue weighted by Gasteiger charge is 2.21. The lowest BCUT2D eigenvalue weighted by Gasteiger charge is -2.15. The van der Waals surface area contributed by atoms with Crippen LogP contribution in [-0.4, -0.2) is 4.98 Å². The summed E-state index contributed by atoms with van der Waals surface area (Å²) in [6.45, 7) is 0.147. The zero-order valence-electron chi connectivity index (χ0n) is 14.6. The van der Waals surface area contributed by atoms with Crippen LogP contribution in [0.1, 0.15) is 16.7 Å². The minimum atomic E-state index is -0.686. The predicted molar refractivity (Wildman–Crippen MR) is 115 cm³/mol. The molecule has 0 amide bonds. The highest BCUT2D eigenvalue weighted by atomic mass is 79.9. The molecule has 1 heterocycles. The summed E-state index contributed by atoms with van der Waals surface area (Å²) in [7, 11) is 0. The molecule has 0 bridgehead atoms. The van der Waals surface area contributed by atoms with E-state index in [2.05, 4.69) is 20.9 Å². The van der Waals surface area contributed by atoms with Gasteiger partial charge in [-0.25, -0.2) is 0 Å². The van der Waals surface area contributed by atoms with E-state index in [1.54, 1.807) is 36.4 Å². The first-order valence-electron chi connectivity index (χ1n) is 8.08. The number of benzene rings is 2. The first kappa shape index (κ1) is 20.8. The second-order valence-corrected chi connectivity index (χ2v) is 7.62. The first-order valence-corrected chi connectivity index (χ1v) is 9.63. The van der Waals surface area contributed by atoms with E-state index in [1.807, 2.05) is 12.1 Å². The summed E-state index contributed by atoms with van der Waals surface area (Å²) in [6.07, 6.45) is 0. The van der Waals surface area contributed by atoms with E-state index in [0.717, 1.165) is 5.56 Å². The van der Waals surface area contributed by atoms with Gasteiger partial charge < -0.3 is 15.5 Å². The van der Waals surface area contributed by atoms with E-state index in [1.165, 1.54) is 0 Å². The van der Waals surface area contributed by atoms with E-state index < -0.39 is 5.56 Å². The molecular weight excluding hydrogens is 479 g/mol. The minimum absolute atomic E-state index is 0.0152. The number of nitriles is 2. The molecule has 1 aromatic heterocycles. The van der Waals surface area contributed by atoms with E-state index in [0.29, 0.717) is 25.8 Å². The van der Waals surface area contributed by atoms with Gasteiger partial charge in [0.15, 0.2) is 0 Å². The average molecular weight is 490 g/mol. The summed E-state index contributed by atoms with van der Waals surface area (Å²) >= 11 is 15.3. The van der Waals surface area contributed by atoms with Crippen molar-refractivity contribution in [1.82, 2.24) is 4.98 Å². The largest absolute Gasteiger partial charge is 0.488 e. The highest BCUT2D eigenvalue weighted by Crippen LogP contribution is 2.37. The lowest BCUT2D eigenvalue weighted by Crippen LogP contribution is -2.16. The van der Waals surface area contributed by atoms with Crippen molar-refractivity contribution in [3.63, 3.8) is 0 Å². The van der Waals surface area contributed by atoms with Crippen LogP contribution in [0.15, 0.2) is 45.7 Å². The third-order valence-electron chi connectivity index (χ3n) is 4.06. The number of nitrogens with two attached hydrogens (primary N) is 1. The van der Waals surface area contributed by atoms with Crippen molar-refractivity contribution >= 4 is 44.9 Å². The van der Waals surface area contributed by atoms with Crippen molar-refractivity contribution in [2.75, 3.05) is 5.73 Å². The van der Waals surface area contributed by atoms with E-state index in [4.69, 9.17) is 33.7 Å². The molecule has 0 radical (unpaired) electrons. The summed E-state index contributed by atoms with van der Waals surface area (Å²) in [5.41, 5.74) is 6.14. The van der Waals surface area contributed by atoms with Crippen LogP contribution in [0.5, 0.6) is 5.75 Å². The average Bonchev–Trinajstić information content (AvgIpc) is 2.69. The van der Waals surface area contributed by atoms with Gasteiger partial charge in [0.1, 0.15) is 41.4 Å². The van der Waals surface area contributed by atoms with E-state index in [-0.39, 0.29) is 29.1 Å². The smallest absolute Gasteiger partial charge is 0.268 e. The molecule has 0 atom stereocenters. The van der Waals surface area contributed by atoms with Crippen LogP contribution in [0.25, 0.3) is 11.1 Å². The molecule has 0 saturated heterocycles. The second kappa shape index (κ2) is 8.59. The van der Waals surface area contributed by atoms with Crippen molar-refractivity contribution in [3.05, 3.63) is 78.0 Å². The molecule has 0 unspecified atom stereocenters. The third-order valence-corrected chi connectivity index (χ3v) is 5.29. The Morgan fingerprint density at radius 2 is 1.79 bits per heavy atom. The number of nitrogens with one attached hydrogen (secondary N) is 1. The zero-order chi connectivity index (χ0) is 21.1. The van der Waals surface area contributed by atoms with Crippen LogP contribution >= 0.6 is 39.1 Å². The maximum atomic E-state index is 12.2. The van der Waals surface area contributed by atoms with Gasteiger partial charge in [-0.3, -0.25) is 4.79 Å². The van der Waals surface area contributed by atoms with Crippen LogP contribution in [0.3, 0.4) is 0 Å². The van der Waals surface area contributed by atoms with Gasteiger partial charge in [0.25, 0.3) is 5.56 Å². The number of rotatable bonds is 4. The maximum absolute atomic E-state index is 12.2.